The van der Waals surface area contributed by atoms with Crippen LogP contribution in [0.15, 0.2) is 12.4 Å². The highest BCUT2D eigenvalue weighted by Gasteiger charge is 2.42. The summed E-state index contributed by atoms with van der Waals surface area (Å²) in [6, 6.07) is 0. The lowest BCUT2D eigenvalue weighted by molar-refractivity contribution is 0.241. The first-order valence-electron chi connectivity index (χ1n) is 6.00. The maximum Gasteiger partial charge on any atom is 0.122 e. The van der Waals surface area contributed by atoms with E-state index in [4.69, 9.17) is 5.73 Å². The van der Waals surface area contributed by atoms with E-state index >= 15 is 0 Å². The molecule has 0 atom stereocenters. The third-order valence-corrected chi connectivity index (χ3v) is 3.57. The fourth-order valence-corrected chi connectivity index (χ4v) is 2.39. The lowest BCUT2D eigenvalue weighted by Gasteiger charge is -2.23. The minimum absolute atomic E-state index is 0.522. The molecular formula is C12H22N4. The van der Waals surface area contributed by atoms with Gasteiger partial charge in [-0.1, -0.05) is 0 Å². The van der Waals surface area contributed by atoms with Crippen LogP contribution in [0.4, 0.5) is 0 Å². The van der Waals surface area contributed by atoms with Gasteiger partial charge >= 0.3 is 0 Å². The molecule has 90 valence electrons. The Morgan fingerprint density at radius 1 is 1.56 bits per heavy atom. The van der Waals surface area contributed by atoms with Crippen LogP contribution in [0, 0.1) is 5.41 Å². The van der Waals surface area contributed by atoms with Crippen molar-refractivity contribution in [2.45, 2.75) is 25.8 Å². The van der Waals surface area contributed by atoms with Gasteiger partial charge < -0.3 is 10.3 Å². The Bertz CT molecular complexity index is 341. The summed E-state index contributed by atoms with van der Waals surface area (Å²) in [6.45, 7) is 2.89. The van der Waals surface area contributed by atoms with Crippen molar-refractivity contribution in [3.05, 3.63) is 18.2 Å². The second-order valence-electron chi connectivity index (χ2n) is 5.17. The van der Waals surface area contributed by atoms with Crippen LogP contribution in [-0.2, 0) is 13.6 Å². The monoisotopic (exact) mass is 222 g/mol. The van der Waals surface area contributed by atoms with Gasteiger partial charge in [0.05, 0.1) is 6.54 Å². The van der Waals surface area contributed by atoms with Gasteiger partial charge in [-0.2, -0.15) is 0 Å². The average molecular weight is 222 g/mol. The first-order chi connectivity index (χ1) is 7.65. The summed E-state index contributed by atoms with van der Waals surface area (Å²) in [4.78, 5) is 6.71. The number of aryl methyl sites for hydroxylation is 1. The van der Waals surface area contributed by atoms with Crippen LogP contribution in [0.1, 0.15) is 25.1 Å². The molecule has 4 nitrogen and oxygen atoms in total. The largest absolute Gasteiger partial charge is 0.337 e. The van der Waals surface area contributed by atoms with Crippen molar-refractivity contribution in [1.82, 2.24) is 14.5 Å². The average Bonchev–Trinajstić information content (AvgIpc) is 2.85. The molecule has 2 N–H and O–H groups in total. The number of hydrogen-bond acceptors (Lipinski definition) is 3. The normalized spacial score (nSPS) is 18.0. The van der Waals surface area contributed by atoms with Gasteiger partial charge in [0.1, 0.15) is 5.82 Å². The second kappa shape index (κ2) is 4.55. The molecular weight excluding hydrogens is 200 g/mol. The minimum Gasteiger partial charge on any atom is -0.337 e. The van der Waals surface area contributed by atoms with Gasteiger partial charge in [0, 0.05) is 26.0 Å². The Labute approximate surface area is 97.4 Å². The Balaban J connectivity index is 1.85. The van der Waals surface area contributed by atoms with Crippen molar-refractivity contribution in [2.75, 3.05) is 20.1 Å². The number of aromatic nitrogens is 2. The van der Waals surface area contributed by atoms with Crippen LogP contribution in [-0.4, -0.2) is 34.6 Å². The molecule has 0 radical (unpaired) electrons. The maximum atomic E-state index is 5.66. The fourth-order valence-electron chi connectivity index (χ4n) is 2.39. The molecule has 0 aliphatic heterocycles. The van der Waals surface area contributed by atoms with Crippen molar-refractivity contribution in [3.63, 3.8) is 0 Å². The number of nitrogens with zero attached hydrogens (tertiary/aromatic N) is 3. The SMILES string of the molecule is CN(Cc1nccn1C)CC1(CCN)CC1. The van der Waals surface area contributed by atoms with Gasteiger partial charge in [-0.25, -0.2) is 4.98 Å². The smallest absolute Gasteiger partial charge is 0.122 e. The zero-order chi connectivity index (χ0) is 11.6. The first kappa shape index (κ1) is 11.6. The molecule has 0 aromatic carbocycles. The molecule has 0 bridgehead atoms. The van der Waals surface area contributed by atoms with E-state index in [-0.39, 0.29) is 0 Å². The zero-order valence-electron chi connectivity index (χ0n) is 10.3. The lowest BCUT2D eigenvalue weighted by atomic mass is 10.0. The van der Waals surface area contributed by atoms with E-state index in [0.717, 1.165) is 31.9 Å². The first-order valence-corrected chi connectivity index (χ1v) is 6.00. The van der Waals surface area contributed by atoms with E-state index in [1.165, 1.54) is 12.8 Å². The Hall–Kier alpha value is -0.870. The van der Waals surface area contributed by atoms with Crippen LogP contribution < -0.4 is 5.73 Å². The lowest BCUT2D eigenvalue weighted by Crippen LogP contribution is -2.28. The molecule has 16 heavy (non-hydrogen) atoms. The van der Waals surface area contributed by atoms with Gasteiger partial charge in [0.2, 0.25) is 0 Å². The topological polar surface area (TPSA) is 47.1 Å². The van der Waals surface area contributed by atoms with E-state index in [0.29, 0.717) is 5.41 Å². The van der Waals surface area contributed by atoms with Gasteiger partial charge in [0.15, 0.2) is 0 Å². The number of nitrogens with two attached hydrogens (primary N) is 1. The highest BCUT2D eigenvalue weighted by atomic mass is 15.2. The summed E-state index contributed by atoms with van der Waals surface area (Å²) >= 11 is 0. The van der Waals surface area contributed by atoms with Gasteiger partial charge in [-0.3, -0.25) is 4.90 Å². The molecule has 0 spiro atoms. The number of hydrogen-bond donors (Lipinski definition) is 1. The summed E-state index contributed by atoms with van der Waals surface area (Å²) in [6.07, 6.45) is 7.70. The van der Waals surface area contributed by atoms with Crippen molar-refractivity contribution in [1.29, 1.82) is 0 Å². The highest BCUT2D eigenvalue weighted by Crippen LogP contribution is 2.48. The predicted octanol–water partition coefficient (Wildman–Crippen LogP) is 0.981. The minimum atomic E-state index is 0.522. The summed E-state index contributed by atoms with van der Waals surface area (Å²) in [5, 5.41) is 0. The predicted molar refractivity (Wildman–Crippen MR) is 64.9 cm³/mol. The van der Waals surface area contributed by atoms with E-state index < -0.39 is 0 Å². The number of imidazole rings is 1. The van der Waals surface area contributed by atoms with Crippen LogP contribution >= 0.6 is 0 Å². The maximum absolute atomic E-state index is 5.66. The molecule has 1 aliphatic carbocycles. The van der Waals surface area contributed by atoms with Crippen molar-refractivity contribution >= 4 is 0 Å². The number of rotatable bonds is 6. The molecule has 1 aromatic rings. The van der Waals surface area contributed by atoms with Crippen LogP contribution in [0.25, 0.3) is 0 Å². The van der Waals surface area contributed by atoms with E-state index in [1.807, 2.05) is 19.4 Å². The Kier molecular flexibility index (Phi) is 3.30. The molecule has 0 unspecified atom stereocenters. The molecule has 2 rings (SSSR count). The van der Waals surface area contributed by atoms with E-state index in [9.17, 15) is 0 Å². The van der Waals surface area contributed by atoms with Gasteiger partial charge in [0.25, 0.3) is 0 Å². The van der Waals surface area contributed by atoms with Crippen molar-refractivity contribution < 1.29 is 0 Å². The fraction of sp³-hybridized carbons (Fsp3) is 0.750. The highest BCUT2D eigenvalue weighted by molar-refractivity contribution is 4.97. The molecule has 1 fully saturated rings. The molecule has 0 saturated heterocycles. The Morgan fingerprint density at radius 2 is 2.31 bits per heavy atom. The molecule has 4 heteroatoms. The molecule has 1 aliphatic rings. The van der Waals surface area contributed by atoms with Crippen LogP contribution in [0.2, 0.25) is 0 Å². The van der Waals surface area contributed by atoms with Crippen LogP contribution in [0.3, 0.4) is 0 Å². The molecule has 0 amide bonds. The zero-order valence-corrected chi connectivity index (χ0v) is 10.3. The summed E-state index contributed by atoms with van der Waals surface area (Å²) in [5.74, 6) is 1.13. The summed E-state index contributed by atoms with van der Waals surface area (Å²) in [5.41, 5.74) is 6.18. The molecule has 1 saturated carbocycles. The summed E-state index contributed by atoms with van der Waals surface area (Å²) < 4.78 is 2.08. The van der Waals surface area contributed by atoms with E-state index in [2.05, 4.69) is 21.5 Å². The van der Waals surface area contributed by atoms with Gasteiger partial charge in [-0.05, 0) is 38.3 Å². The standard InChI is InChI=1S/C12H22N4/c1-15(9-11-14-7-8-16(11)2)10-12(3-4-12)5-6-13/h7-8H,3-6,9-10,13H2,1-2H3. The third kappa shape index (κ3) is 2.62. The third-order valence-electron chi connectivity index (χ3n) is 3.57. The van der Waals surface area contributed by atoms with E-state index in [1.54, 1.807) is 0 Å². The second-order valence-corrected chi connectivity index (χ2v) is 5.17. The van der Waals surface area contributed by atoms with Crippen LogP contribution in [0.5, 0.6) is 0 Å². The van der Waals surface area contributed by atoms with Gasteiger partial charge in [-0.15, -0.1) is 0 Å². The van der Waals surface area contributed by atoms with Crippen molar-refractivity contribution in [2.24, 2.45) is 18.2 Å². The Morgan fingerprint density at radius 3 is 2.81 bits per heavy atom. The quantitative estimate of drug-likeness (QED) is 0.780. The summed E-state index contributed by atoms with van der Waals surface area (Å²) in [7, 11) is 4.22. The van der Waals surface area contributed by atoms with Crippen molar-refractivity contribution in [3.8, 4) is 0 Å². The molecule has 1 heterocycles. The molecule has 1 aromatic heterocycles.